The lowest BCUT2D eigenvalue weighted by molar-refractivity contribution is -0.145. The summed E-state index contributed by atoms with van der Waals surface area (Å²) in [5, 5.41) is 2.69. The maximum absolute atomic E-state index is 14.2. The van der Waals surface area contributed by atoms with Crippen molar-refractivity contribution in [2.45, 2.75) is 89.0 Å². The van der Waals surface area contributed by atoms with Gasteiger partial charge in [-0.05, 0) is 125 Å². The third-order valence-electron chi connectivity index (χ3n) is 13.4. The van der Waals surface area contributed by atoms with Gasteiger partial charge in [-0.25, -0.2) is 9.59 Å². The molecule has 2 aromatic rings. The zero-order valence-electron chi connectivity index (χ0n) is 34.8. The van der Waals surface area contributed by atoms with Crippen LogP contribution in [0.5, 0.6) is 0 Å². The minimum absolute atomic E-state index is 0.0709. The van der Waals surface area contributed by atoms with Gasteiger partial charge in [-0.1, -0.05) is 29.8 Å². The molecule has 2 aromatic carbocycles. The summed E-state index contributed by atoms with van der Waals surface area (Å²) in [5.41, 5.74) is 5.89. The summed E-state index contributed by atoms with van der Waals surface area (Å²) in [5.74, 6) is 0.254. The number of amides is 4. The number of nitrogens with zero attached hydrogens (tertiary/aromatic N) is 5. The molecular weight excluding hydrogens is 815 g/mol. The molecule has 0 aliphatic carbocycles. The van der Waals surface area contributed by atoms with Crippen molar-refractivity contribution in [1.82, 2.24) is 24.5 Å². The number of nitrogens with one attached hydrogen (secondary N) is 1. The molecule has 4 saturated heterocycles. The molecule has 3 N–H and O–H groups in total. The number of alkyl halides is 3. The lowest BCUT2D eigenvalue weighted by atomic mass is 9.78. The third-order valence-corrected chi connectivity index (χ3v) is 13.7. The highest BCUT2D eigenvalue weighted by atomic mass is 35.5. The van der Waals surface area contributed by atoms with Crippen LogP contribution in [0.2, 0.25) is 5.02 Å². The number of rotatable bonds is 12. The second-order valence-corrected chi connectivity index (χ2v) is 17.6. The Morgan fingerprint density at radius 2 is 1.48 bits per heavy atom. The summed E-state index contributed by atoms with van der Waals surface area (Å²) < 4.78 is 53.2. The zero-order chi connectivity index (χ0) is 43.1. The number of carbonyl (C=O) groups excluding carboxylic acids is 4. The number of ether oxygens (including phenoxy) is 2. The molecule has 0 aromatic heterocycles. The Bertz CT molecular complexity index is 1860. The number of piperidine rings is 3. The van der Waals surface area contributed by atoms with Crippen LogP contribution in [0.4, 0.5) is 34.1 Å². The topological polar surface area (TPSA) is 141 Å². The Kier molecular flexibility index (Phi) is 14.9. The van der Waals surface area contributed by atoms with E-state index in [4.69, 9.17) is 26.8 Å². The number of nitrogens with two attached hydrogens (primary N) is 1. The van der Waals surface area contributed by atoms with Crippen molar-refractivity contribution in [2.75, 3.05) is 89.6 Å². The van der Waals surface area contributed by atoms with E-state index in [9.17, 15) is 32.3 Å². The molecule has 4 amide bonds. The molecule has 0 bridgehead atoms. The predicted octanol–water partition coefficient (Wildman–Crippen LogP) is 6.52. The second-order valence-electron chi connectivity index (χ2n) is 17.2. The highest BCUT2D eigenvalue weighted by Gasteiger charge is 2.39. The largest absolute Gasteiger partial charge is 0.464 e. The van der Waals surface area contributed by atoms with Crippen molar-refractivity contribution in [3.8, 4) is 0 Å². The van der Waals surface area contributed by atoms with Gasteiger partial charge in [-0.15, -0.1) is 0 Å². The van der Waals surface area contributed by atoms with E-state index in [2.05, 4.69) is 15.1 Å². The molecule has 7 rings (SSSR count). The van der Waals surface area contributed by atoms with E-state index in [0.29, 0.717) is 70.3 Å². The number of likely N-dealkylation sites (tertiary alicyclic amines) is 4. The van der Waals surface area contributed by atoms with Gasteiger partial charge in [0.2, 0.25) is 0 Å². The molecule has 5 heterocycles. The van der Waals surface area contributed by atoms with E-state index < -0.39 is 35.5 Å². The fourth-order valence-corrected chi connectivity index (χ4v) is 10.0. The Hall–Kier alpha value is -4.28. The minimum atomic E-state index is -4.78. The number of carbonyl (C=O) groups is 4. The highest BCUT2D eigenvalue weighted by Crippen LogP contribution is 2.39. The van der Waals surface area contributed by atoms with Gasteiger partial charge < -0.3 is 40.1 Å². The van der Waals surface area contributed by atoms with Gasteiger partial charge in [-0.2, -0.15) is 13.2 Å². The normalized spacial score (nSPS) is 20.9. The molecule has 0 unspecified atom stereocenters. The van der Waals surface area contributed by atoms with E-state index >= 15 is 0 Å². The highest BCUT2D eigenvalue weighted by molar-refractivity contribution is 6.33. The summed E-state index contributed by atoms with van der Waals surface area (Å²) in [6, 6.07) is 9.53. The van der Waals surface area contributed by atoms with Crippen LogP contribution in [-0.2, 0) is 38.1 Å². The maximum atomic E-state index is 14.2. The van der Waals surface area contributed by atoms with Gasteiger partial charge in [-0.3, -0.25) is 14.5 Å². The number of hydrogen-bond acceptors (Lipinski definition) is 9. The molecule has 13 nitrogen and oxygen atoms in total. The number of para-hydroxylation sites is 1. The summed E-state index contributed by atoms with van der Waals surface area (Å²) in [4.78, 5) is 63.0. The van der Waals surface area contributed by atoms with Crippen molar-refractivity contribution < 1.29 is 41.8 Å². The Morgan fingerprint density at radius 3 is 2.16 bits per heavy atom. The van der Waals surface area contributed by atoms with Crippen LogP contribution in [0.3, 0.4) is 0 Å². The number of anilines is 2. The Balaban J connectivity index is 0.919. The first-order chi connectivity index (χ1) is 29.3. The van der Waals surface area contributed by atoms with Gasteiger partial charge in [0.1, 0.15) is 6.61 Å². The maximum Gasteiger partial charge on any atom is 0.418 e. The lowest BCUT2D eigenvalue weighted by Crippen LogP contribution is -2.52. The number of urea groups is 1. The standard InChI is InChI=1S/C44H59ClF3N7O6/c45-36-28-30(27-35(40(36)49)44(46,47)48)29-38(61-43(59)54-22-12-34(13-23-54)55-24-11-33-5-1-2-6-37(33)50-42(55)58)41(57)53-20-9-32(10-21-53)31-7-17-52(18-8-31)19-14-39(56)60-26-25-51-15-3-4-16-51/h1-2,5-6,27-28,31-32,34,38H,3-4,7-26,29,49H2,(H,50,58)/t38-/m1/s1. The third kappa shape index (κ3) is 11.6. The quantitative estimate of drug-likeness (QED) is 0.180. The number of halogens is 4. The van der Waals surface area contributed by atoms with Gasteiger partial charge in [0, 0.05) is 64.0 Å². The summed E-state index contributed by atoms with van der Waals surface area (Å²) in [6.45, 7) is 7.81. The van der Waals surface area contributed by atoms with E-state index in [1.54, 1.807) is 9.80 Å². The van der Waals surface area contributed by atoms with Gasteiger partial charge in [0.25, 0.3) is 5.91 Å². The van der Waals surface area contributed by atoms with Crippen LogP contribution in [-0.4, -0.2) is 139 Å². The average molecular weight is 874 g/mol. The van der Waals surface area contributed by atoms with Crippen molar-refractivity contribution in [1.29, 1.82) is 0 Å². The monoisotopic (exact) mass is 873 g/mol. The number of benzene rings is 2. The van der Waals surface area contributed by atoms with Crippen LogP contribution in [0.1, 0.15) is 74.5 Å². The molecule has 0 spiro atoms. The van der Waals surface area contributed by atoms with Crippen molar-refractivity contribution in [2.24, 2.45) is 11.8 Å². The molecule has 1 atom stereocenters. The van der Waals surface area contributed by atoms with Crippen LogP contribution in [0.25, 0.3) is 0 Å². The molecule has 0 radical (unpaired) electrons. The Labute approximate surface area is 360 Å². The second kappa shape index (κ2) is 20.3. The molecule has 0 saturated carbocycles. The van der Waals surface area contributed by atoms with Crippen molar-refractivity contribution in [3.05, 3.63) is 58.1 Å². The van der Waals surface area contributed by atoms with Crippen molar-refractivity contribution >= 4 is 47.0 Å². The summed E-state index contributed by atoms with van der Waals surface area (Å²) in [6.07, 6.45) is 0.759. The molecule has 5 aliphatic heterocycles. The lowest BCUT2D eigenvalue weighted by Gasteiger charge is -2.41. The van der Waals surface area contributed by atoms with E-state index in [1.165, 1.54) is 23.8 Å². The average Bonchev–Trinajstić information content (AvgIpc) is 3.71. The number of nitrogen functional groups attached to an aromatic ring is 1. The molecule has 61 heavy (non-hydrogen) atoms. The molecule has 4 fully saturated rings. The van der Waals surface area contributed by atoms with Gasteiger partial charge in [0.05, 0.1) is 22.7 Å². The van der Waals surface area contributed by atoms with E-state index in [0.717, 1.165) is 75.7 Å². The zero-order valence-corrected chi connectivity index (χ0v) is 35.6. The van der Waals surface area contributed by atoms with E-state index in [-0.39, 0.29) is 48.1 Å². The van der Waals surface area contributed by atoms with E-state index in [1.807, 2.05) is 24.3 Å². The fraction of sp³-hybridized carbons (Fsp3) is 0.636. The van der Waals surface area contributed by atoms with Crippen molar-refractivity contribution in [3.63, 3.8) is 0 Å². The molecule has 334 valence electrons. The number of esters is 1. The summed E-state index contributed by atoms with van der Waals surface area (Å²) in [7, 11) is 0. The first kappa shape index (κ1) is 44.8. The van der Waals surface area contributed by atoms with Gasteiger partial charge >= 0.3 is 24.3 Å². The van der Waals surface area contributed by atoms with Crippen LogP contribution in [0, 0.1) is 11.8 Å². The SMILES string of the molecule is Nc1c(Cl)cc(C[C@@H](OC(=O)N2CCC(N3CCc4ccccc4NC3=O)CC2)C(=O)N2CCC(C3CCN(CCC(=O)OCCN4CCCC4)CC3)CC2)cc1C(F)(F)F. The molecule has 5 aliphatic rings. The minimum Gasteiger partial charge on any atom is -0.464 e. The Morgan fingerprint density at radius 1 is 0.836 bits per heavy atom. The van der Waals surface area contributed by atoms with Crippen LogP contribution < -0.4 is 11.1 Å². The molecule has 17 heteroatoms. The van der Waals surface area contributed by atoms with Crippen LogP contribution >= 0.6 is 11.6 Å². The smallest absolute Gasteiger partial charge is 0.418 e. The van der Waals surface area contributed by atoms with Gasteiger partial charge in [0.15, 0.2) is 6.10 Å². The number of fused-ring (bicyclic) bond motifs is 1. The predicted molar refractivity (Wildman–Crippen MR) is 225 cm³/mol. The number of hydrogen-bond donors (Lipinski definition) is 2. The first-order valence-electron chi connectivity index (χ1n) is 22.0. The summed E-state index contributed by atoms with van der Waals surface area (Å²) >= 11 is 6.16. The molecular formula is C44H59ClF3N7O6. The first-order valence-corrected chi connectivity index (χ1v) is 22.4. The fourth-order valence-electron chi connectivity index (χ4n) is 9.77. The van der Waals surface area contributed by atoms with Crippen LogP contribution in [0.15, 0.2) is 36.4 Å².